The lowest BCUT2D eigenvalue weighted by molar-refractivity contribution is -0.385. The van der Waals surface area contributed by atoms with Gasteiger partial charge in [0, 0.05) is 15.7 Å². The molecule has 0 spiro atoms. The summed E-state index contributed by atoms with van der Waals surface area (Å²) in [6.07, 6.45) is 0. The number of nitro benzene ring substituents is 1. The van der Waals surface area contributed by atoms with E-state index in [4.69, 9.17) is 15.2 Å². The molecule has 2 rings (SSSR count). The molecule has 1 heterocycles. The van der Waals surface area contributed by atoms with Crippen molar-refractivity contribution in [2.24, 2.45) is 5.73 Å². The van der Waals surface area contributed by atoms with Gasteiger partial charge in [0.25, 0.3) is 5.69 Å². The van der Waals surface area contributed by atoms with E-state index in [0.717, 1.165) is 0 Å². The average molecular weight is 455 g/mol. The van der Waals surface area contributed by atoms with Gasteiger partial charge in [-0.05, 0) is 48.1 Å². The van der Waals surface area contributed by atoms with Crippen molar-refractivity contribution in [3.05, 3.63) is 60.2 Å². The van der Waals surface area contributed by atoms with Crippen molar-refractivity contribution in [3.8, 4) is 6.07 Å². The van der Waals surface area contributed by atoms with E-state index in [2.05, 4.69) is 0 Å². The highest BCUT2D eigenvalue weighted by Crippen LogP contribution is 2.40. The fourth-order valence-electron chi connectivity index (χ4n) is 2.56. The standard InChI is InChI=1S/C16H14IN3O5/c1-3-24-16(21)13-8(2)25-15(19)12(7-18)14(13)9-4-10(17)6-11(5-9)20(22)23/h4-6,14H,3,19H2,1-2H3. The molecule has 0 aromatic heterocycles. The molecular weight excluding hydrogens is 441 g/mol. The first-order valence-electron chi connectivity index (χ1n) is 7.20. The van der Waals surface area contributed by atoms with Crippen LogP contribution in [0.2, 0.25) is 0 Å². The molecule has 0 fully saturated rings. The molecule has 0 saturated carbocycles. The van der Waals surface area contributed by atoms with Crippen molar-refractivity contribution in [2.75, 3.05) is 6.61 Å². The second kappa shape index (κ2) is 7.52. The van der Waals surface area contributed by atoms with Crippen LogP contribution in [0, 0.1) is 25.0 Å². The molecule has 8 nitrogen and oxygen atoms in total. The third-order valence-corrected chi connectivity index (χ3v) is 4.17. The van der Waals surface area contributed by atoms with Crippen LogP contribution in [0.25, 0.3) is 0 Å². The third kappa shape index (κ3) is 3.74. The zero-order chi connectivity index (χ0) is 18.7. The van der Waals surface area contributed by atoms with Gasteiger partial charge in [0.1, 0.15) is 17.4 Å². The van der Waals surface area contributed by atoms with Gasteiger partial charge in [-0.25, -0.2) is 4.79 Å². The lowest BCUT2D eigenvalue weighted by Crippen LogP contribution is -2.25. The van der Waals surface area contributed by atoms with E-state index in [9.17, 15) is 20.2 Å². The molecule has 1 aliphatic rings. The molecule has 1 unspecified atom stereocenters. The number of nitrogens with two attached hydrogens (primary N) is 1. The Balaban J connectivity index is 2.71. The molecule has 1 aromatic rings. The number of rotatable bonds is 4. The molecule has 130 valence electrons. The van der Waals surface area contributed by atoms with E-state index >= 15 is 0 Å². The Morgan fingerprint density at radius 3 is 2.76 bits per heavy atom. The lowest BCUT2D eigenvalue weighted by atomic mass is 9.83. The van der Waals surface area contributed by atoms with Crippen molar-refractivity contribution >= 4 is 34.2 Å². The van der Waals surface area contributed by atoms with Gasteiger partial charge in [-0.15, -0.1) is 0 Å². The van der Waals surface area contributed by atoms with Crippen molar-refractivity contribution in [1.29, 1.82) is 5.26 Å². The summed E-state index contributed by atoms with van der Waals surface area (Å²) < 4.78 is 10.9. The molecule has 1 aliphatic heterocycles. The normalized spacial score (nSPS) is 17.0. The van der Waals surface area contributed by atoms with Crippen LogP contribution in [0.3, 0.4) is 0 Å². The number of hydrogen-bond donors (Lipinski definition) is 1. The van der Waals surface area contributed by atoms with Gasteiger partial charge in [0.15, 0.2) is 0 Å². The molecule has 2 N–H and O–H groups in total. The maximum absolute atomic E-state index is 12.4. The highest BCUT2D eigenvalue weighted by molar-refractivity contribution is 14.1. The molecule has 0 saturated heterocycles. The summed E-state index contributed by atoms with van der Waals surface area (Å²) in [5.74, 6) is -1.50. The quantitative estimate of drug-likeness (QED) is 0.320. The van der Waals surface area contributed by atoms with E-state index in [-0.39, 0.29) is 35.1 Å². The second-order valence-corrected chi connectivity index (χ2v) is 6.36. The maximum Gasteiger partial charge on any atom is 0.338 e. The number of nitriles is 1. The lowest BCUT2D eigenvalue weighted by Gasteiger charge is -2.26. The number of carbonyl (C=O) groups excluding carboxylic acids is 1. The van der Waals surface area contributed by atoms with Crippen LogP contribution in [0.4, 0.5) is 5.69 Å². The minimum absolute atomic E-state index is 0.00458. The molecule has 1 aromatic carbocycles. The summed E-state index contributed by atoms with van der Waals surface area (Å²) in [4.78, 5) is 23.0. The van der Waals surface area contributed by atoms with Gasteiger partial charge in [-0.3, -0.25) is 10.1 Å². The SMILES string of the molecule is CCOC(=O)C1=C(C)OC(N)=C(C#N)C1c1cc(I)cc([N+](=O)[O-])c1. The predicted octanol–water partition coefficient (Wildman–Crippen LogP) is 2.84. The summed E-state index contributed by atoms with van der Waals surface area (Å²) >= 11 is 1.93. The Morgan fingerprint density at radius 1 is 1.52 bits per heavy atom. The van der Waals surface area contributed by atoms with Crippen LogP contribution in [0.15, 0.2) is 41.0 Å². The number of nitrogens with zero attached hydrogens (tertiary/aromatic N) is 2. The van der Waals surface area contributed by atoms with E-state index in [1.54, 1.807) is 13.0 Å². The number of halogens is 1. The average Bonchev–Trinajstić information content (AvgIpc) is 2.53. The predicted molar refractivity (Wildman–Crippen MR) is 95.8 cm³/mol. The molecule has 25 heavy (non-hydrogen) atoms. The van der Waals surface area contributed by atoms with Crippen LogP contribution >= 0.6 is 22.6 Å². The van der Waals surface area contributed by atoms with Crippen LogP contribution in [-0.2, 0) is 14.3 Å². The van der Waals surface area contributed by atoms with E-state index in [1.807, 2.05) is 28.7 Å². The zero-order valence-corrected chi connectivity index (χ0v) is 15.6. The first-order chi connectivity index (χ1) is 11.8. The fraction of sp³-hybridized carbons (Fsp3) is 0.250. The fourth-order valence-corrected chi connectivity index (χ4v) is 3.24. The molecule has 0 radical (unpaired) electrons. The summed E-state index contributed by atoms with van der Waals surface area (Å²) in [6, 6.07) is 6.29. The van der Waals surface area contributed by atoms with Gasteiger partial charge in [0.2, 0.25) is 5.88 Å². The van der Waals surface area contributed by atoms with Gasteiger partial charge in [-0.2, -0.15) is 5.26 Å². The number of allylic oxidation sites excluding steroid dienone is 2. The number of ether oxygens (including phenoxy) is 2. The molecular formula is C16H14IN3O5. The largest absolute Gasteiger partial charge is 0.463 e. The molecule has 0 bridgehead atoms. The monoisotopic (exact) mass is 455 g/mol. The van der Waals surface area contributed by atoms with Gasteiger partial charge in [-0.1, -0.05) is 0 Å². The molecule has 9 heteroatoms. The van der Waals surface area contributed by atoms with E-state index in [0.29, 0.717) is 9.13 Å². The number of hydrogen-bond acceptors (Lipinski definition) is 7. The van der Waals surface area contributed by atoms with Crippen molar-refractivity contribution < 1.29 is 19.2 Å². The number of nitro groups is 1. The Bertz CT molecular complexity index is 854. The van der Waals surface area contributed by atoms with Crippen LogP contribution in [-0.4, -0.2) is 17.5 Å². The minimum Gasteiger partial charge on any atom is -0.463 e. The number of non-ortho nitro benzene ring substituents is 1. The molecule has 0 amide bonds. The summed E-state index contributed by atoms with van der Waals surface area (Å²) in [7, 11) is 0. The second-order valence-electron chi connectivity index (χ2n) is 5.12. The smallest absolute Gasteiger partial charge is 0.338 e. The van der Waals surface area contributed by atoms with E-state index in [1.165, 1.54) is 19.1 Å². The van der Waals surface area contributed by atoms with Crippen molar-refractivity contribution in [2.45, 2.75) is 19.8 Å². The minimum atomic E-state index is -0.897. The Hall–Kier alpha value is -2.61. The topological polar surface area (TPSA) is 128 Å². The van der Waals surface area contributed by atoms with Crippen LogP contribution in [0.5, 0.6) is 0 Å². The number of carbonyl (C=O) groups is 1. The highest BCUT2D eigenvalue weighted by atomic mass is 127. The summed E-state index contributed by atoms with van der Waals surface area (Å²) in [5, 5.41) is 20.6. The molecule has 1 atom stereocenters. The van der Waals surface area contributed by atoms with Gasteiger partial charge < -0.3 is 15.2 Å². The Labute approximate surface area is 157 Å². The van der Waals surface area contributed by atoms with Crippen LogP contribution in [0.1, 0.15) is 25.3 Å². The zero-order valence-electron chi connectivity index (χ0n) is 13.4. The summed E-state index contributed by atoms with van der Waals surface area (Å²) in [6.45, 7) is 3.32. The van der Waals surface area contributed by atoms with Gasteiger partial charge >= 0.3 is 5.97 Å². The van der Waals surface area contributed by atoms with Crippen molar-refractivity contribution in [1.82, 2.24) is 0 Å². The Morgan fingerprint density at radius 2 is 2.20 bits per heavy atom. The Kier molecular flexibility index (Phi) is 5.63. The summed E-state index contributed by atoms with van der Waals surface area (Å²) in [5.41, 5.74) is 6.14. The van der Waals surface area contributed by atoms with Crippen molar-refractivity contribution in [3.63, 3.8) is 0 Å². The number of esters is 1. The van der Waals surface area contributed by atoms with E-state index < -0.39 is 16.8 Å². The first-order valence-corrected chi connectivity index (χ1v) is 8.28. The number of benzene rings is 1. The van der Waals surface area contributed by atoms with Crippen LogP contribution < -0.4 is 5.73 Å². The third-order valence-electron chi connectivity index (χ3n) is 3.55. The maximum atomic E-state index is 12.4. The first kappa shape index (κ1) is 18.7. The molecule has 0 aliphatic carbocycles. The highest BCUT2D eigenvalue weighted by Gasteiger charge is 2.37. The van der Waals surface area contributed by atoms with Gasteiger partial charge in [0.05, 0.1) is 23.0 Å².